The van der Waals surface area contributed by atoms with Crippen LogP contribution >= 0.6 is 0 Å². The van der Waals surface area contributed by atoms with E-state index in [-0.39, 0.29) is 18.4 Å². The number of nitrogens with one attached hydrogen (secondary N) is 1. The third kappa shape index (κ3) is 4.90. The molecule has 1 saturated carbocycles. The molecule has 1 N–H and O–H groups in total. The van der Waals surface area contributed by atoms with Gasteiger partial charge in [0.25, 0.3) is 5.91 Å². The molecule has 2 fully saturated rings. The van der Waals surface area contributed by atoms with Gasteiger partial charge in [0, 0.05) is 18.8 Å². The largest absolute Gasteiger partial charge is 0.484 e. The Labute approximate surface area is 183 Å². The normalized spacial score (nSPS) is 17.9. The standard InChI is InChI=1S/C25H30N2O4/c1-19-5-4-6-20(17-19)25(11-2-3-12-25)24(29)26-21-7-9-22(10-8-21)31-18-23(28)27-13-15-30-16-14-27/h4-10,17H,2-3,11-16,18H2,1H3,(H,26,29). The van der Waals surface area contributed by atoms with Crippen molar-refractivity contribution in [1.82, 2.24) is 4.90 Å². The van der Waals surface area contributed by atoms with Crippen LogP contribution in [0.25, 0.3) is 0 Å². The second-order valence-corrected chi connectivity index (χ2v) is 8.42. The summed E-state index contributed by atoms with van der Waals surface area (Å²) in [6.45, 7) is 4.43. The zero-order valence-corrected chi connectivity index (χ0v) is 18.1. The summed E-state index contributed by atoms with van der Waals surface area (Å²) in [7, 11) is 0. The van der Waals surface area contributed by atoms with Gasteiger partial charge < -0.3 is 19.7 Å². The Morgan fingerprint density at radius 1 is 1.06 bits per heavy atom. The van der Waals surface area contributed by atoms with E-state index in [1.165, 1.54) is 5.56 Å². The summed E-state index contributed by atoms with van der Waals surface area (Å²) >= 11 is 0. The topological polar surface area (TPSA) is 67.9 Å². The van der Waals surface area contributed by atoms with Gasteiger partial charge in [-0.2, -0.15) is 0 Å². The van der Waals surface area contributed by atoms with Gasteiger partial charge in [0.2, 0.25) is 5.91 Å². The highest BCUT2D eigenvalue weighted by molar-refractivity contribution is 5.99. The van der Waals surface area contributed by atoms with Crippen LogP contribution in [0.2, 0.25) is 0 Å². The first-order valence-corrected chi connectivity index (χ1v) is 11.0. The molecule has 0 aromatic heterocycles. The zero-order valence-electron chi connectivity index (χ0n) is 18.1. The van der Waals surface area contributed by atoms with Gasteiger partial charge >= 0.3 is 0 Å². The van der Waals surface area contributed by atoms with Crippen LogP contribution in [0.4, 0.5) is 5.69 Å². The summed E-state index contributed by atoms with van der Waals surface area (Å²) in [5, 5.41) is 3.10. The predicted octanol–water partition coefficient (Wildman–Crippen LogP) is 3.68. The van der Waals surface area contributed by atoms with E-state index in [1.54, 1.807) is 17.0 Å². The highest BCUT2D eigenvalue weighted by Gasteiger charge is 2.42. The molecule has 2 aromatic carbocycles. The molecule has 4 rings (SSSR count). The van der Waals surface area contributed by atoms with E-state index < -0.39 is 5.41 Å². The van der Waals surface area contributed by atoms with Crippen molar-refractivity contribution in [2.45, 2.75) is 38.0 Å². The minimum absolute atomic E-state index is 0.00216. The van der Waals surface area contributed by atoms with Crippen LogP contribution in [0.15, 0.2) is 48.5 Å². The highest BCUT2D eigenvalue weighted by atomic mass is 16.5. The van der Waals surface area contributed by atoms with E-state index in [1.807, 2.05) is 18.2 Å². The average Bonchev–Trinajstić information content (AvgIpc) is 3.30. The molecule has 1 heterocycles. The number of morpholine rings is 1. The van der Waals surface area contributed by atoms with E-state index in [0.717, 1.165) is 36.9 Å². The molecule has 1 aliphatic heterocycles. The number of aryl methyl sites for hydroxylation is 1. The summed E-state index contributed by atoms with van der Waals surface area (Å²) in [5.41, 5.74) is 2.54. The Kier molecular flexibility index (Phi) is 6.56. The van der Waals surface area contributed by atoms with Crippen molar-refractivity contribution in [3.05, 3.63) is 59.7 Å². The molecule has 1 aliphatic carbocycles. The van der Waals surface area contributed by atoms with E-state index >= 15 is 0 Å². The Morgan fingerprint density at radius 3 is 2.45 bits per heavy atom. The number of amides is 2. The Balaban J connectivity index is 1.37. The zero-order chi connectivity index (χ0) is 21.7. The number of hydrogen-bond acceptors (Lipinski definition) is 4. The molecule has 2 aliphatic rings. The van der Waals surface area contributed by atoms with Crippen LogP contribution < -0.4 is 10.1 Å². The molecule has 0 unspecified atom stereocenters. The highest BCUT2D eigenvalue weighted by Crippen LogP contribution is 2.42. The minimum Gasteiger partial charge on any atom is -0.484 e. The molecule has 1 saturated heterocycles. The first-order chi connectivity index (χ1) is 15.1. The molecule has 0 spiro atoms. The first kappa shape index (κ1) is 21.4. The van der Waals surface area contributed by atoms with E-state index in [0.29, 0.717) is 32.1 Å². The summed E-state index contributed by atoms with van der Waals surface area (Å²) in [4.78, 5) is 27.3. The molecule has 0 atom stereocenters. The number of hydrogen-bond donors (Lipinski definition) is 1. The SMILES string of the molecule is Cc1cccc(C2(C(=O)Nc3ccc(OCC(=O)N4CCOCC4)cc3)CCCC2)c1. The predicted molar refractivity (Wildman–Crippen MR) is 119 cm³/mol. The van der Waals surface area contributed by atoms with Crippen LogP contribution in [0.1, 0.15) is 36.8 Å². The van der Waals surface area contributed by atoms with Crippen molar-refractivity contribution in [1.29, 1.82) is 0 Å². The van der Waals surface area contributed by atoms with Crippen molar-refractivity contribution in [2.24, 2.45) is 0 Å². The number of carbonyl (C=O) groups excluding carboxylic acids is 2. The van der Waals surface area contributed by atoms with Crippen molar-refractivity contribution in [3.8, 4) is 5.75 Å². The van der Waals surface area contributed by atoms with Gasteiger partial charge in [-0.15, -0.1) is 0 Å². The van der Waals surface area contributed by atoms with Gasteiger partial charge in [-0.3, -0.25) is 9.59 Å². The van der Waals surface area contributed by atoms with Crippen molar-refractivity contribution in [3.63, 3.8) is 0 Å². The summed E-state index contributed by atoms with van der Waals surface area (Å²) < 4.78 is 10.9. The third-order valence-corrected chi connectivity index (χ3v) is 6.30. The maximum absolute atomic E-state index is 13.3. The summed E-state index contributed by atoms with van der Waals surface area (Å²) in [6.07, 6.45) is 3.86. The molecule has 0 bridgehead atoms. The molecule has 2 amide bonds. The van der Waals surface area contributed by atoms with Crippen LogP contribution in [0, 0.1) is 6.92 Å². The lowest BCUT2D eigenvalue weighted by Gasteiger charge is -2.28. The fourth-order valence-electron chi connectivity index (χ4n) is 4.50. The number of benzene rings is 2. The molecular formula is C25H30N2O4. The smallest absolute Gasteiger partial charge is 0.260 e. The molecule has 6 nitrogen and oxygen atoms in total. The van der Waals surface area contributed by atoms with Gasteiger partial charge in [0.15, 0.2) is 6.61 Å². The Bertz CT molecular complexity index is 913. The number of rotatable bonds is 6. The molecule has 31 heavy (non-hydrogen) atoms. The average molecular weight is 423 g/mol. The lowest BCUT2D eigenvalue weighted by molar-refractivity contribution is -0.137. The minimum atomic E-state index is -0.467. The third-order valence-electron chi connectivity index (χ3n) is 6.30. The van der Waals surface area contributed by atoms with Gasteiger partial charge in [-0.05, 0) is 49.6 Å². The van der Waals surface area contributed by atoms with Crippen molar-refractivity contribution >= 4 is 17.5 Å². The maximum atomic E-state index is 13.3. The van der Waals surface area contributed by atoms with Crippen molar-refractivity contribution < 1.29 is 19.1 Å². The molecule has 2 aromatic rings. The second kappa shape index (κ2) is 9.52. The molecule has 0 radical (unpaired) electrons. The molecule has 6 heteroatoms. The Morgan fingerprint density at radius 2 is 1.77 bits per heavy atom. The van der Waals surface area contributed by atoms with Crippen LogP contribution in [-0.4, -0.2) is 49.6 Å². The Hall–Kier alpha value is -2.86. The van der Waals surface area contributed by atoms with Gasteiger partial charge in [0.1, 0.15) is 5.75 Å². The molecular weight excluding hydrogens is 392 g/mol. The first-order valence-electron chi connectivity index (χ1n) is 11.0. The number of anilines is 1. The fourth-order valence-corrected chi connectivity index (χ4v) is 4.50. The number of nitrogens with zero attached hydrogens (tertiary/aromatic N) is 1. The van der Waals surface area contributed by atoms with Gasteiger partial charge in [-0.1, -0.05) is 42.7 Å². The van der Waals surface area contributed by atoms with E-state index in [4.69, 9.17) is 9.47 Å². The maximum Gasteiger partial charge on any atom is 0.260 e. The van der Waals surface area contributed by atoms with Crippen LogP contribution in [0.3, 0.4) is 0 Å². The number of ether oxygens (including phenoxy) is 2. The van der Waals surface area contributed by atoms with Crippen LogP contribution in [-0.2, 0) is 19.7 Å². The van der Waals surface area contributed by atoms with Crippen LogP contribution in [0.5, 0.6) is 5.75 Å². The molecule has 164 valence electrons. The van der Waals surface area contributed by atoms with E-state index in [2.05, 4.69) is 30.4 Å². The van der Waals surface area contributed by atoms with Gasteiger partial charge in [0.05, 0.1) is 18.6 Å². The van der Waals surface area contributed by atoms with E-state index in [9.17, 15) is 9.59 Å². The quantitative estimate of drug-likeness (QED) is 0.771. The second-order valence-electron chi connectivity index (χ2n) is 8.42. The monoisotopic (exact) mass is 422 g/mol. The lowest BCUT2D eigenvalue weighted by Crippen LogP contribution is -2.42. The summed E-state index contributed by atoms with van der Waals surface area (Å²) in [5.74, 6) is 0.614. The lowest BCUT2D eigenvalue weighted by atomic mass is 9.77. The fraction of sp³-hybridized carbons (Fsp3) is 0.440. The van der Waals surface area contributed by atoms with Gasteiger partial charge in [-0.25, -0.2) is 0 Å². The summed E-state index contributed by atoms with van der Waals surface area (Å²) in [6, 6.07) is 15.5. The number of carbonyl (C=O) groups is 2. The van der Waals surface area contributed by atoms with Crippen molar-refractivity contribution in [2.75, 3.05) is 38.2 Å².